The molecule has 116 valence electrons. The Kier molecular flexibility index (Phi) is 5.99. The van der Waals surface area contributed by atoms with Crippen molar-refractivity contribution in [2.45, 2.75) is 32.3 Å². The fraction of sp³-hybridized carbons (Fsp3) is 0.562. The number of hydrogen-bond acceptors (Lipinski definition) is 3. The summed E-state index contributed by atoms with van der Waals surface area (Å²) in [6.45, 7) is 4.49. The number of carbonyl (C=O) groups excluding carboxylic acids is 1. The van der Waals surface area contributed by atoms with Crippen LogP contribution in [0.4, 0.5) is 4.39 Å². The van der Waals surface area contributed by atoms with E-state index in [-0.39, 0.29) is 11.7 Å². The standard InChI is InChI=1S/C16H23FN2O2/c1-2-14(21-15-8-4-3-7-13(15)17)16(20)19-11-12-6-5-9-18-10-12/h3-4,7-8,12,14,18H,2,5-6,9-11H2,1H3,(H,19,20). The highest BCUT2D eigenvalue weighted by molar-refractivity contribution is 5.81. The van der Waals surface area contributed by atoms with Crippen molar-refractivity contribution in [3.05, 3.63) is 30.1 Å². The Labute approximate surface area is 125 Å². The van der Waals surface area contributed by atoms with Crippen LogP contribution >= 0.6 is 0 Å². The van der Waals surface area contributed by atoms with E-state index in [0.29, 0.717) is 18.9 Å². The lowest BCUT2D eigenvalue weighted by Gasteiger charge is -2.24. The summed E-state index contributed by atoms with van der Waals surface area (Å²) in [6, 6.07) is 6.15. The summed E-state index contributed by atoms with van der Waals surface area (Å²) in [4.78, 5) is 12.2. The molecule has 1 amide bonds. The summed E-state index contributed by atoms with van der Waals surface area (Å²) in [5.74, 6) is -0.0287. The molecule has 1 aliphatic rings. The second-order valence-corrected chi connectivity index (χ2v) is 5.40. The van der Waals surface area contributed by atoms with Gasteiger partial charge in [0.2, 0.25) is 0 Å². The highest BCUT2D eigenvalue weighted by atomic mass is 19.1. The molecule has 21 heavy (non-hydrogen) atoms. The van der Waals surface area contributed by atoms with E-state index < -0.39 is 11.9 Å². The highest BCUT2D eigenvalue weighted by Crippen LogP contribution is 2.18. The predicted molar refractivity (Wildman–Crippen MR) is 79.7 cm³/mol. The van der Waals surface area contributed by atoms with Gasteiger partial charge in [-0.15, -0.1) is 0 Å². The summed E-state index contributed by atoms with van der Waals surface area (Å²) in [5.41, 5.74) is 0. The molecule has 1 aliphatic heterocycles. The van der Waals surface area contributed by atoms with E-state index in [1.165, 1.54) is 12.1 Å². The van der Waals surface area contributed by atoms with Crippen molar-refractivity contribution in [3.63, 3.8) is 0 Å². The van der Waals surface area contributed by atoms with Crippen LogP contribution in [0.3, 0.4) is 0 Å². The third kappa shape index (κ3) is 4.70. The predicted octanol–water partition coefficient (Wildman–Crippen LogP) is 2.10. The smallest absolute Gasteiger partial charge is 0.261 e. The minimum Gasteiger partial charge on any atom is -0.478 e. The Hall–Kier alpha value is -1.62. The number of para-hydroxylation sites is 1. The number of carbonyl (C=O) groups is 1. The van der Waals surface area contributed by atoms with Crippen molar-refractivity contribution in [1.82, 2.24) is 10.6 Å². The maximum Gasteiger partial charge on any atom is 0.261 e. The molecule has 2 atom stereocenters. The van der Waals surface area contributed by atoms with E-state index in [2.05, 4.69) is 10.6 Å². The first kappa shape index (κ1) is 15.8. The second kappa shape index (κ2) is 7.98. The molecule has 2 rings (SSSR count). The summed E-state index contributed by atoms with van der Waals surface area (Å²) < 4.78 is 19.1. The maximum absolute atomic E-state index is 13.6. The Morgan fingerprint density at radius 2 is 2.33 bits per heavy atom. The monoisotopic (exact) mass is 294 g/mol. The van der Waals surface area contributed by atoms with Crippen LogP contribution < -0.4 is 15.4 Å². The average Bonchev–Trinajstić information content (AvgIpc) is 2.53. The van der Waals surface area contributed by atoms with Gasteiger partial charge in [0, 0.05) is 6.54 Å². The molecule has 0 aliphatic carbocycles. The molecule has 4 nitrogen and oxygen atoms in total. The van der Waals surface area contributed by atoms with Gasteiger partial charge in [-0.25, -0.2) is 4.39 Å². The van der Waals surface area contributed by atoms with Gasteiger partial charge in [-0.1, -0.05) is 19.1 Å². The largest absolute Gasteiger partial charge is 0.478 e. The van der Waals surface area contributed by atoms with Crippen LogP contribution in [0.15, 0.2) is 24.3 Å². The molecule has 1 heterocycles. The van der Waals surface area contributed by atoms with Gasteiger partial charge < -0.3 is 15.4 Å². The lowest BCUT2D eigenvalue weighted by molar-refractivity contribution is -0.128. The van der Waals surface area contributed by atoms with Crippen LogP contribution in [0, 0.1) is 11.7 Å². The van der Waals surface area contributed by atoms with Gasteiger partial charge in [0.1, 0.15) is 0 Å². The Balaban J connectivity index is 1.85. The number of rotatable bonds is 6. The van der Waals surface area contributed by atoms with E-state index in [0.717, 1.165) is 25.9 Å². The molecule has 0 aromatic heterocycles. The van der Waals surface area contributed by atoms with Crippen LogP contribution in [-0.2, 0) is 4.79 Å². The molecule has 2 N–H and O–H groups in total. The molecule has 1 fully saturated rings. The van der Waals surface area contributed by atoms with Crippen molar-refractivity contribution in [2.24, 2.45) is 5.92 Å². The number of piperidine rings is 1. The number of amides is 1. The normalized spacial score (nSPS) is 19.8. The maximum atomic E-state index is 13.6. The quantitative estimate of drug-likeness (QED) is 0.845. The first-order chi connectivity index (χ1) is 10.2. The van der Waals surface area contributed by atoms with Crippen LogP contribution in [0.1, 0.15) is 26.2 Å². The number of hydrogen-bond donors (Lipinski definition) is 2. The topological polar surface area (TPSA) is 50.4 Å². The van der Waals surface area contributed by atoms with Gasteiger partial charge in [0.05, 0.1) is 0 Å². The second-order valence-electron chi connectivity index (χ2n) is 5.40. The van der Waals surface area contributed by atoms with Gasteiger partial charge in [-0.05, 0) is 50.4 Å². The molecular weight excluding hydrogens is 271 g/mol. The lowest BCUT2D eigenvalue weighted by Crippen LogP contribution is -2.43. The van der Waals surface area contributed by atoms with E-state index in [9.17, 15) is 9.18 Å². The van der Waals surface area contributed by atoms with Gasteiger partial charge >= 0.3 is 0 Å². The van der Waals surface area contributed by atoms with Crippen LogP contribution in [0.25, 0.3) is 0 Å². The molecule has 1 saturated heterocycles. The fourth-order valence-corrected chi connectivity index (χ4v) is 2.47. The first-order valence-electron chi connectivity index (χ1n) is 7.60. The minimum atomic E-state index is -0.654. The highest BCUT2D eigenvalue weighted by Gasteiger charge is 2.21. The molecule has 0 spiro atoms. The van der Waals surface area contributed by atoms with Crippen molar-refractivity contribution in [2.75, 3.05) is 19.6 Å². The Morgan fingerprint density at radius 1 is 1.52 bits per heavy atom. The summed E-state index contributed by atoms with van der Waals surface area (Å²) >= 11 is 0. The van der Waals surface area contributed by atoms with Crippen LogP contribution in [0.2, 0.25) is 0 Å². The minimum absolute atomic E-state index is 0.124. The first-order valence-corrected chi connectivity index (χ1v) is 7.60. The third-order valence-corrected chi connectivity index (χ3v) is 3.73. The molecule has 0 bridgehead atoms. The molecule has 1 aromatic carbocycles. The molecule has 0 radical (unpaired) electrons. The number of nitrogens with one attached hydrogen (secondary N) is 2. The zero-order valence-corrected chi connectivity index (χ0v) is 12.4. The van der Waals surface area contributed by atoms with E-state index in [1.54, 1.807) is 12.1 Å². The number of halogens is 1. The van der Waals surface area contributed by atoms with E-state index in [1.807, 2.05) is 6.92 Å². The van der Waals surface area contributed by atoms with Crippen molar-refractivity contribution < 1.29 is 13.9 Å². The van der Waals surface area contributed by atoms with Crippen LogP contribution in [-0.4, -0.2) is 31.6 Å². The van der Waals surface area contributed by atoms with Gasteiger partial charge in [0.15, 0.2) is 17.7 Å². The van der Waals surface area contributed by atoms with Gasteiger partial charge in [0.25, 0.3) is 5.91 Å². The molecule has 1 aromatic rings. The van der Waals surface area contributed by atoms with E-state index >= 15 is 0 Å². The summed E-state index contributed by atoms with van der Waals surface area (Å²) in [6.07, 6.45) is 2.11. The summed E-state index contributed by atoms with van der Waals surface area (Å²) in [5, 5.41) is 6.23. The van der Waals surface area contributed by atoms with Crippen molar-refractivity contribution >= 4 is 5.91 Å². The zero-order valence-electron chi connectivity index (χ0n) is 12.4. The molecular formula is C16H23FN2O2. The van der Waals surface area contributed by atoms with Gasteiger partial charge in [-0.3, -0.25) is 4.79 Å². The lowest BCUT2D eigenvalue weighted by atomic mass is 10.00. The number of benzene rings is 1. The zero-order chi connectivity index (χ0) is 15.1. The van der Waals surface area contributed by atoms with Crippen molar-refractivity contribution in [3.8, 4) is 5.75 Å². The van der Waals surface area contributed by atoms with Crippen molar-refractivity contribution in [1.29, 1.82) is 0 Å². The number of ether oxygens (including phenoxy) is 1. The molecule has 2 unspecified atom stereocenters. The molecule has 5 heteroatoms. The Morgan fingerprint density at radius 3 is 3.00 bits per heavy atom. The molecule has 0 saturated carbocycles. The van der Waals surface area contributed by atoms with E-state index in [4.69, 9.17) is 4.74 Å². The summed E-state index contributed by atoms with van der Waals surface area (Å²) in [7, 11) is 0. The SMILES string of the molecule is CCC(Oc1ccccc1F)C(=O)NCC1CCCNC1. The average molecular weight is 294 g/mol. The third-order valence-electron chi connectivity index (χ3n) is 3.73. The van der Waals surface area contributed by atoms with Crippen LogP contribution in [0.5, 0.6) is 5.75 Å². The Bertz CT molecular complexity index is 461. The van der Waals surface area contributed by atoms with Gasteiger partial charge in [-0.2, -0.15) is 0 Å². The fourth-order valence-electron chi connectivity index (χ4n) is 2.47.